The van der Waals surface area contributed by atoms with Gasteiger partial charge in [-0.3, -0.25) is 5.10 Å². The summed E-state index contributed by atoms with van der Waals surface area (Å²) in [5.41, 5.74) is 0.643. The first kappa shape index (κ1) is 23.0. The minimum atomic E-state index is -4.79. The lowest BCUT2D eigenvalue weighted by Crippen LogP contribution is -2.16. The van der Waals surface area contributed by atoms with Crippen molar-refractivity contribution in [2.24, 2.45) is 0 Å². The van der Waals surface area contributed by atoms with Crippen molar-refractivity contribution in [2.45, 2.75) is 19.1 Å². The van der Waals surface area contributed by atoms with Crippen LogP contribution in [0, 0.1) is 0 Å². The number of aromatic nitrogens is 5. The summed E-state index contributed by atoms with van der Waals surface area (Å²) in [6.07, 6.45) is -3.72. The molecule has 0 aliphatic rings. The molecule has 3 heterocycles. The van der Waals surface area contributed by atoms with Gasteiger partial charge in [-0.15, -0.1) is 13.2 Å². The SMILES string of the molecule is FC(F)(F)Oc1ccc(-c2ncc(CNc3cc(-c4cn[nH]c4)nc(C(F)(F)F)c3)cn2)cc1. The Labute approximate surface area is 187 Å². The standard InChI is InChI=1S/C21H14F6N6O/c22-20(23,24)18-6-15(5-17(33-18)14-10-31-32-11-14)28-7-12-8-29-19(30-9-12)13-1-3-16(4-2-13)34-21(25,26)27/h1-6,8-11H,7H2,(H,28,33)(H,31,32). The molecule has 0 saturated carbocycles. The number of nitrogens with zero attached hydrogens (tertiary/aromatic N) is 4. The monoisotopic (exact) mass is 480 g/mol. The second-order valence-electron chi connectivity index (χ2n) is 6.95. The highest BCUT2D eigenvalue weighted by Crippen LogP contribution is 2.32. The molecule has 3 aromatic heterocycles. The van der Waals surface area contributed by atoms with E-state index in [4.69, 9.17) is 0 Å². The normalized spacial score (nSPS) is 11.9. The third-order valence-corrected chi connectivity index (χ3v) is 4.46. The lowest BCUT2D eigenvalue weighted by molar-refractivity contribution is -0.274. The van der Waals surface area contributed by atoms with Gasteiger partial charge in [0.15, 0.2) is 5.82 Å². The van der Waals surface area contributed by atoms with Gasteiger partial charge in [0.25, 0.3) is 0 Å². The zero-order valence-corrected chi connectivity index (χ0v) is 16.9. The lowest BCUT2D eigenvalue weighted by Gasteiger charge is -2.12. The number of H-pyrrole nitrogens is 1. The van der Waals surface area contributed by atoms with Crippen molar-refractivity contribution in [2.75, 3.05) is 5.32 Å². The maximum absolute atomic E-state index is 13.3. The lowest BCUT2D eigenvalue weighted by atomic mass is 10.2. The molecular formula is C21H14F6N6O. The fraction of sp³-hybridized carbons (Fsp3) is 0.143. The summed E-state index contributed by atoms with van der Waals surface area (Å²) in [5.74, 6) is -0.116. The third-order valence-electron chi connectivity index (χ3n) is 4.46. The summed E-state index contributed by atoms with van der Waals surface area (Å²) in [6.45, 7) is 0.116. The van der Waals surface area contributed by atoms with Crippen LogP contribution in [-0.2, 0) is 12.7 Å². The molecule has 0 unspecified atom stereocenters. The average Bonchev–Trinajstić information content (AvgIpc) is 3.32. The van der Waals surface area contributed by atoms with Crippen LogP contribution in [0.25, 0.3) is 22.6 Å². The molecule has 0 bridgehead atoms. The van der Waals surface area contributed by atoms with Crippen molar-refractivity contribution in [1.82, 2.24) is 25.1 Å². The van der Waals surface area contributed by atoms with E-state index in [1.54, 1.807) is 0 Å². The number of benzene rings is 1. The summed E-state index contributed by atoms with van der Waals surface area (Å²) in [7, 11) is 0. The molecule has 2 N–H and O–H groups in total. The van der Waals surface area contributed by atoms with E-state index in [2.05, 4.69) is 35.2 Å². The van der Waals surface area contributed by atoms with E-state index in [0.717, 1.165) is 18.2 Å². The molecule has 0 spiro atoms. The Kier molecular flexibility index (Phi) is 6.09. The zero-order chi connectivity index (χ0) is 24.3. The molecule has 0 amide bonds. The van der Waals surface area contributed by atoms with Crippen LogP contribution in [0.4, 0.5) is 32.0 Å². The molecule has 0 atom stereocenters. The molecule has 0 saturated heterocycles. The quantitative estimate of drug-likeness (QED) is 0.357. The topological polar surface area (TPSA) is 88.6 Å². The number of hydrogen-bond donors (Lipinski definition) is 2. The van der Waals surface area contributed by atoms with Crippen molar-refractivity contribution >= 4 is 5.69 Å². The summed E-state index contributed by atoms with van der Waals surface area (Å²) in [6, 6.07) is 7.38. The van der Waals surface area contributed by atoms with Gasteiger partial charge < -0.3 is 10.1 Å². The number of hydrogen-bond acceptors (Lipinski definition) is 6. The first-order chi connectivity index (χ1) is 16.1. The van der Waals surface area contributed by atoms with E-state index in [1.165, 1.54) is 43.0 Å². The molecule has 0 fully saturated rings. The highest BCUT2D eigenvalue weighted by molar-refractivity contribution is 5.63. The van der Waals surface area contributed by atoms with Gasteiger partial charge in [-0.25, -0.2) is 15.0 Å². The second kappa shape index (κ2) is 9.00. The number of rotatable bonds is 6. The second-order valence-corrected chi connectivity index (χ2v) is 6.95. The van der Waals surface area contributed by atoms with E-state index in [0.29, 0.717) is 16.7 Å². The Bertz CT molecular complexity index is 1240. The molecular weight excluding hydrogens is 466 g/mol. The van der Waals surface area contributed by atoms with Crippen LogP contribution in [0.2, 0.25) is 0 Å². The van der Waals surface area contributed by atoms with Crippen LogP contribution >= 0.6 is 0 Å². The van der Waals surface area contributed by atoms with E-state index in [-0.39, 0.29) is 29.5 Å². The van der Waals surface area contributed by atoms with Gasteiger partial charge in [-0.2, -0.15) is 18.3 Å². The number of ether oxygens (including phenoxy) is 1. The van der Waals surface area contributed by atoms with Crippen LogP contribution in [0.1, 0.15) is 11.3 Å². The molecule has 0 radical (unpaired) electrons. The largest absolute Gasteiger partial charge is 0.573 e. The van der Waals surface area contributed by atoms with Crippen LogP contribution in [-0.4, -0.2) is 31.5 Å². The molecule has 4 rings (SSSR count). The van der Waals surface area contributed by atoms with Crippen molar-refractivity contribution in [1.29, 1.82) is 0 Å². The highest BCUT2D eigenvalue weighted by Gasteiger charge is 2.33. The Balaban J connectivity index is 1.47. The molecule has 7 nitrogen and oxygen atoms in total. The predicted molar refractivity (Wildman–Crippen MR) is 108 cm³/mol. The first-order valence-corrected chi connectivity index (χ1v) is 9.56. The van der Waals surface area contributed by atoms with Gasteiger partial charge >= 0.3 is 12.5 Å². The number of nitrogens with one attached hydrogen (secondary N) is 2. The average molecular weight is 480 g/mol. The molecule has 0 aliphatic carbocycles. The number of aromatic amines is 1. The maximum Gasteiger partial charge on any atom is 0.573 e. The third kappa shape index (κ3) is 5.79. The van der Waals surface area contributed by atoms with Gasteiger partial charge in [0.2, 0.25) is 0 Å². The van der Waals surface area contributed by atoms with Gasteiger partial charge in [0.1, 0.15) is 11.4 Å². The summed E-state index contributed by atoms with van der Waals surface area (Å²) in [5, 5.41) is 9.15. The van der Waals surface area contributed by atoms with Crippen LogP contribution < -0.4 is 10.1 Å². The smallest absolute Gasteiger partial charge is 0.406 e. The van der Waals surface area contributed by atoms with E-state index < -0.39 is 18.2 Å². The minimum Gasteiger partial charge on any atom is -0.406 e. The van der Waals surface area contributed by atoms with E-state index in [1.807, 2.05) is 0 Å². The molecule has 13 heteroatoms. The first-order valence-electron chi connectivity index (χ1n) is 9.56. The number of alkyl halides is 6. The van der Waals surface area contributed by atoms with E-state index >= 15 is 0 Å². The van der Waals surface area contributed by atoms with E-state index in [9.17, 15) is 26.3 Å². The van der Waals surface area contributed by atoms with Gasteiger partial charge in [-0.05, 0) is 36.4 Å². The van der Waals surface area contributed by atoms with Crippen LogP contribution in [0.15, 0.2) is 61.2 Å². The predicted octanol–water partition coefficient (Wildman–Crippen LogP) is 5.46. The Morgan fingerprint density at radius 2 is 1.59 bits per heavy atom. The number of halogens is 6. The maximum atomic E-state index is 13.3. The van der Waals surface area contributed by atoms with Crippen molar-refractivity contribution < 1.29 is 31.1 Å². The molecule has 176 valence electrons. The Morgan fingerprint density at radius 1 is 0.882 bits per heavy atom. The molecule has 1 aromatic carbocycles. The molecule has 34 heavy (non-hydrogen) atoms. The Morgan fingerprint density at radius 3 is 2.18 bits per heavy atom. The number of pyridine rings is 1. The Hall–Kier alpha value is -4.16. The van der Waals surface area contributed by atoms with Gasteiger partial charge in [-0.1, -0.05) is 0 Å². The van der Waals surface area contributed by atoms with Crippen LogP contribution in [0.3, 0.4) is 0 Å². The number of anilines is 1. The van der Waals surface area contributed by atoms with Crippen molar-refractivity contribution in [3.8, 4) is 28.4 Å². The summed E-state index contributed by atoms with van der Waals surface area (Å²) < 4.78 is 80.4. The minimum absolute atomic E-state index is 0.0932. The fourth-order valence-electron chi connectivity index (χ4n) is 2.92. The van der Waals surface area contributed by atoms with Crippen molar-refractivity contribution in [3.63, 3.8) is 0 Å². The van der Waals surface area contributed by atoms with Crippen LogP contribution in [0.5, 0.6) is 5.75 Å². The molecule has 4 aromatic rings. The zero-order valence-electron chi connectivity index (χ0n) is 16.9. The summed E-state index contributed by atoms with van der Waals surface area (Å²) >= 11 is 0. The van der Waals surface area contributed by atoms with Gasteiger partial charge in [0.05, 0.1) is 11.9 Å². The highest BCUT2D eigenvalue weighted by atomic mass is 19.4. The fourth-order valence-corrected chi connectivity index (χ4v) is 2.92. The van der Waals surface area contributed by atoms with Crippen molar-refractivity contribution in [3.05, 3.63) is 72.4 Å². The summed E-state index contributed by atoms with van der Waals surface area (Å²) in [4.78, 5) is 12.0. The molecule has 0 aliphatic heterocycles. The van der Waals surface area contributed by atoms with Gasteiger partial charge in [0, 0.05) is 47.5 Å².